The van der Waals surface area contributed by atoms with Crippen LogP contribution < -0.4 is 10.6 Å². The van der Waals surface area contributed by atoms with Gasteiger partial charge in [-0.05, 0) is 75.5 Å². The smallest absolute Gasteiger partial charge is 0.254 e. The molecule has 2 heterocycles. The Morgan fingerprint density at radius 1 is 1.12 bits per heavy atom. The predicted octanol–water partition coefficient (Wildman–Crippen LogP) is 3.39. The van der Waals surface area contributed by atoms with E-state index in [1.807, 2.05) is 0 Å². The molecule has 3 atom stereocenters. The monoisotopic (exact) mass is 440 g/mol. The number of ether oxygens (including phenoxy) is 1. The van der Waals surface area contributed by atoms with Gasteiger partial charge in [0.05, 0.1) is 23.0 Å². The second-order valence-electron chi connectivity index (χ2n) is 11.2. The van der Waals surface area contributed by atoms with Crippen LogP contribution in [-0.2, 0) is 4.74 Å². The van der Waals surface area contributed by atoms with Crippen molar-refractivity contribution in [1.29, 1.82) is 0 Å². The van der Waals surface area contributed by atoms with Crippen LogP contribution in [0.1, 0.15) is 92.6 Å². The largest absolute Gasteiger partial charge is 0.390 e. The van der Waals surface area contributed by atoms with Crippen LogP contribution in [0.3, 0.4) is 0 Å². The summed E-state index contributed by atoms with van der Waals surface area (Å²) in [5.74, 6) is 2.35. The molecule has 7 heteroatoms. The molecule has 0 aromatic carbocycles. The molecule has 6 fully saturated rings. The summed E-state index contributed by atoms with van der Waals surface area (Å²) in [5.41, 5.74) is 1.08. The standard InChI is InChI=1S/C25H36N4O3/c30-23(28-21-17-8-15-9-18(21)12-25(31,10-15)11-17)20-14-27-24(26-13-19-6-3-7-32-19)29-22(20)16-4-1-2-5-16/h14-19,21,31H,1-13H2,(H,28,30)(H,26,27,29)/t15?,17?,18?,19-,21-,25+/m1/s1. The molecule has 7 rings (SSSR count). The molecule has 1 aromatic rings. The molecule has 6 aliphatic rings. The lowest BCUT2D eigenvalue weighted by Gasteiger charge is -2.58. The van der Waals surface area contributed by atoms with Crippen molar-refractivity contribution in [1.82, 2.24) is 15.3 Å². The number of hydrogen-bond acceptors (Lipinski definition) is 6. The van der Waals surface area contributed by atoms with Gasteiger partial charge in [-0.15, -0.1) is 0 Å². The van der Waals surface area contributed by atoms with Crippen molar-refractivity contribution < 1.29 is 14.6 Å². The maximum absolute atomic E-state index is 13.5. The van der Waals surface area contributed by atoms with Crippen LogP contribution in [0.4, 0.5) is 5.95 Å². The third-order valence-corrected chi connectivity index (χ3v) is 8.86. The Hall–Kier alpha value is -1.73. The number of hydrogen-bond donors (Lipinski definition) is 3. The average molecular weight is 441 g/mol. The van der Waals surface area contributed by atoms with E-state index in [9.17, 15) is 9.90 Å². The van der Waals surface area contributed by atoms with Gasteiger partial charge in [-0.25, -0.2) is 9.97 Å². The fraction of sp³-hybridized carbons (Fsp3) is 0.800. The third kappa shape index (κ3) is 3.92. The van der Waals surface area contributed by atoms with Gasteiger partial charge in [0.1, 0.15) is 0 Å². The van der Waals surface area contributed by atoms with E-state index < -0.39 is 5.60 Å². The van der Waals surface area contributed by atoms with Crippen LogP contribution >= 0.6 is 0 Å². The Kier molecular flexibility index (Phi) is 5.37. The summed E-state index contributed by atoms with van der Waals surface area (Å²) >= 11 is 0. The van der Waals surface area contributed by atoms with Crippen molar-refractivity contribution in [2.45, 2.75) is 94.3 Å². The Bertz CT molecular complexity index is 849. The van der Waals surface area contributed by atoms with Crippen molar-refractivity contribution in [2.24, 2.45) is 17.8 Å². The van der Waals surface area contributed by atoms with Crippen molar-refractivity contribution in [2.75, 3.05) is 18.5 Å². The first kappa shape index (κ1) is 20.8. The summed E-state index contributed by atoms with van der Waals surface area (Å²) in [6.07, 6.45) is 13.6. The molecule has 3 N–H and O–H groups in total. The van der Waals surface area contributed by atoms with Crippen LogP contribution in [0.5, 0.6) is 0 Å². The van der Waals surface area contributed by atoms with Crippen molar-refractivity contribution in [3.05, 3.63) is 17.5 Å². The number of nitrogens with one attached hydrogen (secondary N) is 2. The molecule has 0 radical (unpaired) electrons. The normalized spacial score (nSPS) is 38.3. The van der Waals surface area contributed by atoms with Gasteiger partial charge in [-0.2, -0.15) is 0 Å². The predicted molar refractivity (Wildman–Crippen MR) is 120 cm³/mol. The Morgan fingerprint density at radius 2 is 1.91 bits per heavy atom. The zero-order valence-corrected chi connectivity index (χ0v) is 18.9. The zero-order chi connectivity index (χ0) is 21.7. The van der Waals surface area contributed by atoms with Crippen LogP contribution in [0.25, 0.3) is 0 Å². The fourth-order valence-corrected chi connectivity index (χ4v) is 7.62. The third-order valence-electron chi connectivity index (χ3n) is 8.86. The average Bonchev–Trinajstić information content (AvgIpc) is 3.48. The molecule has 1 amide bonds. The molecule has 1 saturated heterocycles. The van der Waals surface area contributed by atoms with E-state index in [4.69, 9.17) is 9.72 Å². The number of aromatic nitrogens is 2. The first-order valence-corrected chi connectivity index (χ1v) is 12.8. The van der Waals surface area contributed by atoms with E-state index in [2.05, 4.69) is 15.6 Å². The molecule has 1 aromatic heterocycles. The summed E-state index contributed by atoms with van der Waals surface area (Å²) in [4.78, 5) is 22.8. The SMILES string of the molecule is O=C(N[C@H]1C2CC3CC1C[C@@](O)(C3)C2)c1cnc(NC[C@H]2CCCO2)nc1C1CCCC1. The summed E-state index contributed by atoms with van der Waals surface area (Å²) in [6.45, 7) is 1.55. The highest BCUT2D eigenvalue weighted by atomic mass is 16.5. The Labute approximate surface area is 190 Å². The minimum atomic E-state index is -0.480. The van der Waals surface area contributed by atoms with Gasteiger partial charge in [0, 0.05) is 31.3 Å². The quantitative estimate of drug-likeness (QED) is 0.627. The minimum Gasteiger partial charge on any atom is -0.390 e. The molecular formula is C25H36N4O3. The van der Waals surface area contributed by atoms with Gasteiger partial charge in [0.15, 0.2) is 0 Å². The molecule has 0 spiro atoms. The molecule has 5 saturated carbocycles. The lowest BCUT2D eigenvalue weighted by molar-refractivity contribution is -0.136. The molecule has 7 nitrogen and oxygen atoms in total. The van der Waals surface area contributed by atoms with Gasteiger partial charge in [-0.3, -0.25) is 4.79 Å². The second kappa shape index (κ2) is 8.24. The highest BCUT2D eigenvalue weighted by Crippen LogP contribution is 2.55. The van der Waals surface area contributed by atoms with Gasteiger partial charge in [0.25, 0.3) is 5.91 Å². The summed E-state index contributed by atoms with van der Waals surface area (Å²) in [6, 6.07) is 0.174. The zero-order valence-electron chi connectivity index (χ0n) is 18.9. The number of amides is 1. The minimum absolute atomic E-state index is 0.0259. The van der Waals surface area contributed by atoms with Crippen LogP contribution in [0, 0.1) is 17.8 Å². The van der Waals surface area contributed by atoms with Crippen molar-refractivity contribution in [3.8, 4) is 0 Å². The van der Waals surface area contributed by atoms with E-state index >= 15 is 0 Å². The summed E-state index contributed by atoms with van der Waals surface area (Å²) in [7, 11) is 0. The molecule has 1 aliphatic heterocycles. The molecule has 32 heavy (non-hydrogen) atoms. The van der Waals surface area contributed by atoms with Gasteiger partial charge in [-0.1, -0.05) is 12.8 Å². The first-order chi connectivity index (χ1) is 15.6. The molecular weight excluding hydrogens is 404 g/mol. The molecule has 174 valence electrons. The van der Waals surface area contributed by atoms with Gasteiger partial charge < -0.3 is 20.5 Å². The Balaban J connectivity index is 1.19. The number of anilines is 1. The van der Waals surface area contributed by atoms with Crippen molar-refractivity contribution in [3.63, 3.8) is 0 Å². The molecule has 4 bridgehead atoms. The van der Waals surface area contributed by atoms with Gasteiger partial charge >= 0.3 is 0 Å². The van der Waals surface area contributed by atoms with Gasteiger partial charge in [0.2, 0.25) is 5.95 Å². The van der Waals surface area contributed by atoms with E-state index in [-0.39, 0.29) is 18.1 Å². The second-order valence-corrected chi connectivity index (χ2v) is 11.2. The maximum atomic E-state index is 13.5. The fourth-order valence-electron chi connectivity index (χ4n) is 7.62. The highest BCUT2D eigenvalue weighted by molar-refractivity contribution is 5.95. The number of carbonyl (C=O) groups is 1. The van der Waals surface area contributed by atoms with E-state index in [1.54, 1.807) is 6.20 Å². The topological polar surface area (TPSA) is 96.4 Å². The van der Waals surface area contributed by atoms with Crippen LogP contribution in [-0.4, -0.2) is 51.9 Å². The molecule has 5 aliphatic carbocycles. The number of rotatable bonds is 6. The number of aliphatic hydroxyl groups is 1. The number of carbonyl (C=O) groups excluding carboxylic acids is 1. The van der Waals surface area contributed by atoms with E-state index in [0.717, 1.165) is 70.1 Å². The highest BCUT2D eigenvalue weighted by Gasteiger charge is 2.55. The van der Waals surface area contributed by atoms with Crippen LogP contribution in [0.15, 0.2) is 6.20 Å². The van der Waals surface area contributed by atoms with E-state index in [0.29, 0.717) is 41.7 Å². The summed E-state index contributed by atoms with van der Waals surface area (Å²) < 4.78 is 5.71. The Morgan fingerprint density at radius 3 is 2.59 bits per heavy atom. The first-order valence-electron chi connectivity index (χ1n) is 12.8. The van der Waals surface area contributed by atoms with E-state index in [1.165, 1.54) is 12.8 Å². The lowest BCUT2D eigenvalue weighted by Crippen LogP contribution is -2.61. The molecule has 2 unspecified atom stereocenters. The number of nitrogens with zero attached hydrogens (tertiary/aromatic N) is 2. The van der Waals surface area contributed by atoms with Crippen molar-refractivity contribution >= 4 is 11.9 Å². The van der Waals surface area contributed by atoms with Crippen LogP contribution in [0.2, 0.25) is 0 Å². The summed E-state index contributed by atoms with van der Waals surface area (Å²) in [5, 5.41) is 17.6. The maximum Gasteiger partial charge on any atom is 0.254 e. The lowest BCUT2D eigenvalue weighted by atomic mass is 9.52.